The van der Waals surface area contributed by atoms with Gasteiger partial charge in [0.05, 0.1) is 11.6 Å². The maximum absolute atomic E-state index is 13.4. The Bertz CT molecular complexity index is 1350. The number of benzene rings is 3. The number of likely N-dealkylation sites (tertiary alicyclic amines) is 2. The Labute approximate surface area is 274 Å². The van der Waals surface area contributed by atoms with Crippen LogP contribution < -0.4 is 11.1 Å². The summed E-state index contributed by atoms with van der Waals surface area (Å²) in [7, 11) is 0. The molecule has 3 aromatic rings. The van der Waals surface area contributed by atoms with Crippen molar-refractivity contribution in [1.82, 2.24) is 15.1 Å². The van der Waals surface area contributed by atoms with Gasteiger partial charge in [0.2, 0.25) is 0 Å². The molecule has 2 atom stereocenters. The summed E-state index contributed by atoms with van der Waals surface area (Å²) in [5.41, 5.74) is 10.3. The molecule has 0 aliphatic carbocycles. The van der Waals surface area contributed by atoms with E-state index in [0.29, 0.717) is 5.02 Å². The SMILES string of the molecule is CC(C)(C(N)c1ccccc1)N1CCCC1.CSc1cc(Cl)cc(C)c1C(=O)NC(c1ccccc1)C(C)(C)N1CCCC1. The zero-order valence-electron chi connectivity index (χ0n) is 27.4. The first-order valence-corrected chi connectivity index (χ1v) is 17.6. The number of nitrogens with two attached hydrogens (primary N) is 1. The molecule has 0 saturated carbocycles. The Balaban J connectivity index is 0.000000233. The lowest BCUT2D eigenvalue weighted by molar-refractivity contribution is 0.0775. The zero-order valence-corrected chi connectivity index (χ0v) is 29.0. The van der Waals surface area contributed by atoms with E-state index in [1.54, 1.807) is 11.8 Å². The first-order valence-electron chi connectivity index (χ1n) is 16.0. The molecule has 5 rings (SSSR count). The second kappa shape index (κ2) is 15.3. The zero-order chi connectivity index (χ0) is 31.9. The monoisotopic (exact) mass is 634 g/mol. The lowest BCUT2D eigenvalue weighted by Crippen LogP contribution is -2.52. The maximum Gasteiger partial charge on any atom is 0.253 e. The molecule has 238 valence electrons. The quantitative estimate of drug-likeness (QED) is 0.232. The fourth-order valence-corrected chi connectivity index (χ4v) is 7.76. The second-order valence-corrected chi connectivity index (χ2v) is 14.5. The summed E-state index contributed by atoms with van der Waals surface area (Å²) >= 11 is 7.77. The van der Waals surface area contributed by atoms with Crippen molar-refractivity contribution in [2.24, 2.45) is 5.73 Å². The maximum atomic E-state index is 13.4. The number of nitrogens with zero attached hydrogens (tertiary/aromatic N) is 2. The lowest BCUT2D eigenvalue weighted by Gasteiger charge is -2.42. The van der Waals surface area contributed by atoms with E-state index in [2.05, 4.69) is 79.2 Å². The van der Waals surface area contributed by atoms with Crippen LogP contribution in [-0.2, 0) is 0 Å². The molecule has 2 aliphatic heterocycles. The van der Waals surface area contributed by atoms with E-state index in [1.807, 2.05) is 49.6 Å². The molecule has 3 N–H and O–H groups in total. The predicted molar refractivity (Wildman–Crippen MR) is 188 cm³/mol. The van der Waals surface area contributed by atoms with Crippen molar-refractivity contribution < 1.29 is 4.79 Å². The number of carbonyl (C=O) groups excluding carboxylic acids is 1. The van der Waals surface area contributed by atoms with Crippen molar-refractivity contribution in [1.29, 1.82) is 0 Å². The van der Waals surface area contributed by atoms with Gasteiger partial charge in [-0.05, 0) is 122 Å². The van der Waals surface area contributed by atoms with E-state index in [1.165, 1.54) is 44.3 Å². The topological polar surface area (TPSA) is 61.6 Å². The highest BCUT2D eigenvalue weighted by atomic mass is 35.5. The predicted octanol–water partition coefficient (Wildman–Crippen LogP) is 8.28. The van der Waals surface area contributed by atoms with Crippen LogP contribution in [0.3, 0.4) is 0 Å². The molecule has 2 aliphatic rings. The molecule has 3 aromatic carbocycles. The summed E-state index contributed by atoms with van der Waals surface area (Å²) in [4.78, 5) is 19.3. The van der Waals surface area contributed by atoms with Gasteiger partial charge in [0.15, 0.2) is 0 Å². The molecule has 0 aromatic heterocycles. The number of amides is 1. The van der Waals surface area contributed by atoms with Crippen LogP contribution in [0.4, 0.5) is 0 Å². The van der Waals surface area contributed by atoms with Gasteiger partial charge in [-0.3, -0.25) is 14.6 Å². The van der Waals surface area contributed by atoms with Crippen LogP contribution in [0.1, 0.15) is 92.5 Å². The van der Waals surface area contributed by atoms with Gasteiger partial charge in [0, 0.05) is 27.0 Å². The second-order valence-electron chi connectivity index (χ2n) is 13.2. The van der Waals surface area contributed by atoms with Gasteiger partial charge in [-0.1, -0.05) is 72.3 Å². The van der Waals surface area contributed by atoms with E-state index in [-0.39, 0.29) is 29.1 Å². The molecule has 7 heteroatoms. The van der Waals surface area contributed by atoms with Crippen LogP contribution in [0.5, 0.6) is 0 Å². The summed E-state index contributed by atoms with van der Waals surface area (Å²) in [5.74, 6) is -0.0420. The average Bonchev–Trinajstić information content (AvgIpc) is 3.76. The third-order valence-electron chi connectivity index (χ3n) is 9.59. The third-order valence-corrected chi connectivity index (χ3v) is 10.6. The molecule has 0 radical (unpaired) electrons. The molecule has 2 unspecified atom stereocenters. The molecule has 2 heterocycles. The molecule has 44 heavy (non-hydrogen) atoms. The number of carbonyl (C=O) groups is 1. The van der Waals surface area contributed by atoms with Gasteiger partial charge >= 0.3 is 0 Å². The number of thioether (sulfide) groups is 1. The minimum absolute atomic E-state index is 0.0420. The van der Waals surface area contributed by atoms with Crippen LogP contribution in [0.25, 0.3) is 0 Å². The Morgan fingerprint density at radius 3 is 1.80 bits per heavy atom. The lowest BCUT2D eigenvalue weighted by atomic mass is 9.86. The molecule has 0 spiro atoms. The molecule has 2 saturated heterocycles. The van der Waals surface area contributed by atoms with Gasteiger partial charge < -0.3 is 11.1 Å². The van der Waals surface area contributed by atoms with Crippen LogP contribution in [-0.4, -0.2) is 59.2 Å². The Morgan fingerprint density at radius 1 is 0.818 bits per heavy atom. The van der Waals surface area contributed by atoms with Crippen molar-refractivity contribution in [2.75, 3.05) is 32.4 Å². The van der Waals surface area contributed by atoms with Crippen molar-refractivity contribution in [3.8, 4) is 0 Å². The average molecular weight is 635 g/mol. The van der Waals surface area contributed by atoms with Gasteiger partial charge in [-0.25, -0.2) is 0 Å². The minimum atomic E-state index is -0.187. The summed E-state index contributed by atoms with van der Waals surface area (Å²) in [6.07, 6.45) is 7.03. The van der Waals surface area contributed by atoms with Crippen molar-refractivity contribution >= 4 is 29.3 Å². The molecule has 1 amide bonds. The van der Waals surface area contributed by atoms with E-state index >= 15 is 0 Å². The molecule has 5 nitrogen and oxygen atoms in total. The number of nitrogens with one attached hydrogen (secondary N) is 1. The first kappa shape index (κ1) is 34.5. The molecule has 2 fully saturated rings. The van der Waals surface area contributed by atoms with E-state index in [4.69, 9.17) is 17.3 Å². The van der Waals surface area contributed by atoms with Crippen LogP contribution in [0.2, 0.25) is 5.02 Å². The smallest absolute Gasteiger partial charge is 0.253 e. The summed E-state index contributed by atoms with van der Waals surface area (Å²) in [6, 6.07) is 24.4. The molecular weight excluding hydrogens is 584 g/mol. The number of halogens is 1. The standard InChI is InChI=1S/C23H29ClN2OS.C14H22N2/c1-16-14-18(24)15-19(28-4)20(16)22(27)25-21(17-10-6-5-7-11-17)23(2,3)26-12-8-9-13-26;1-14(2,16-10-6-7-11-16)13(15)12-8-4-3-5-9-12/h5-7,10-11,14-15,21H,8-9,12-13H2,1-4H3,(H,25,27);3-5,8-9,13H,6-7,10-11,15H2,1-2H3. The van der Waals surface area contributed by atoms with Crippen LogP contribution >= 0.6 is 23.4 Å². The summed E-state index contributed by atoms with van der Waals surface area (Å²) in [5, 5.41) is 4.03. The number of aryl methyl sites for hydroxylation is 1. The van der Waals surface area contributed by atoms with Crippen molar-refractivity contribution in [2.45, 2.75) is 88.4 Å². The largest absolute Gasteiger partial charge is 0.343 e. The van der Waals surface area contributed by atoms with Gasteiger partial charge in [0.1, 0.15) is 0 Å². The van der Waals surface area contributed by atoms with Gasteiger partial charge in [-0.15, -0.1) is 11.8 Å². The van der Waals surface area contributed by atoms with Gasteiger partial charge in [-0.2, -0.15) is 0 Å². The van der Waals surface area contributed by atoms with Crippen molar-refractivity contribution in [3.63, 3.8) is 0 Å². The Hall–Kier alpha value is -2.35. The van der Waals surface area contributed by atoms with Crippen LogP contribution in [0, 0.1) is 6.92 Å². The Morgan fingerprint density at radius 2 is 1.30 bits per heavy atom. The third kappa shape index (κ3) is 8.07. The highest BCUT2D eigenvalue weighted by Crippen LogP contribution is 2.35. The highest BCUT2D eigenvalue weighted by molar-refractivity contribution is 7.98. The van der Waals surface area contributed by atoms with E-state index < -0.39 is 0 Å². The summed E-state index contributed by atoms with van der Waals surface area (Å²) < 4.78 is 0. The molecular formula is C37H51ClN4OS. The summed E-state index contributed by atoms with van der Waals surface area (Å²) in [6.45, 7) is 15.5. The molecule has 0 bridgehead atoms. The van der Waals surface area contributed by atoms with Crippen molar-refractivity contribution in [3.05, 3.63) is 100 Å². The highest BCUT2D eigenvalue weighted by Gasteiger charge is 2.39. The first-order chi connectivity index (χ1) is 21.0. The number of hydrogen-bond acceptors (Lipinski definition) is 5. The van der Waals surface area contributed by atoms with E-state index in [0.717, 1.165) is 34.7 Å². The van der Waals surface area contributed by atoms with Gasteiger partial charge in [0.25, 0.3) is 5.91 Å². The Kier molecular flexibility index (Phi) is 12.0. The fourth-order valence-electron chi connectivity index (χ4n) is 6.72. The number of hydrogen-bond donors (Lipinski definition) is 2. The normalized spacial score (nSPS) is 17.5. The minimum Gasteiger partial charge on any atom is -0.343 e. The van der Waals surface area contributed by atoms with Crippen LogP contribution in [0.15, 0.2) is 77.7 Å². The van der Waals surface area contributed by atoms with E-state index in [9.17, 15) is 4.79 Å². The fraction of sp³-hybridized carbons (Fsp3) is 0.486. The number of rotatable bonds is 9.